The van der Waals surface area contributed by atoms with Gasteiger partial charge < -0.3 is 9.47 Å². The van der Waals surface area contributed by atoms with Gasteiger partial charge in [-0.1, -0.05) is 0 Å². The number of hydrogen-bond acceptors (Lipinski definition) is 6. The molecule has 0 bridgehead atoms. The van der Waals surface area contributed by atoms with Crippen molar-refractivity contribution in [2.75, 3.05) is 0 Å². The van der Waals surface area contributed by atoms with Gasteiger partial charge in [-0.15, -0.1) is 0 Å². The highest BCUT2D eigenvalue weighted by molar-refractivity contribution is 6.09. The van der Waals surface area contributed by atoms with Crippen molar-refractivity contribution < 1.29 is 28.7 Å². The molecule has 1 aliphatic rings. The lowest BCUT2D eigenvalue weighted by atomic mass is 10.1. The van der Waals surface area contributed by atoms with E-state index in [4.69, 9.17) is 9.47 Å². The molecule has 8 heteroatoms. The Hall–Kier alpha value is -2.12. The first-order valence-electron chi connectivity index (χ1n) is 7.78. The molecular formula is C16H26N2O6. The maximum atomic E-state index is 12.5. The Bertz CT molecular complexity index is 508. The fourth-order valence-corrected chi connectivity index (χ4v) is 2.12. The largest absolute Gasteiger partial charge is 0.443 e. The minimum atomic E-state index is -1.16. The Kier molecular flexibility index (Phi) is 5.32. The van der Waals surface area contributed by atoms with Gasteiger partial charge in [0.15, 0.2) is 0 Å². The third-order valence-electron chi connectivity index (χ3n) is 3.14. The number of nitrogens with zero attached hydrogens (tertiary/aromatic N) is 2. The summed E-state index contributed by atoms with van der Waals surface area (Å²) in [7, 11) is 0. The molecule has 1 heterocycles. The molecule has 0 unspecified atom stereocenters. The minimum absolute atomic E-state index is 0.692. The van der Waals surface area contributed by atoms with E-state index in [1.54, 1.807) is 41.5 Å². The summed E-state index contributed by atoms with van der Waals surface area (Å²) in [6.45, 7) is 12.7. The van der Waals surface area contributed by atoms with Crippen molar-refractivity contribution in [3.05, 3.63) is 0 Å². The summed E-state index contributed by atoms with van der Waals surface area (Å²) in [6.07, 6.45) is -1.83. The van der Waals surface area contributed by atoms with Crippen molar-refractivity contribution in [2.45, 2.75) is 78.7 Å². The number of amides is 4. The minimum Gasteiger partial charge on any atom is -0.443 e. The van der Waals surface area contributed by atoms with E-state index >= 15 is 0 Å². The zero-order valence-electron chi connectivity index (χ0n) is 15.5. The summed E-state index contributed by atoms with van der Waals surface area (Å²) in [6, 6.07) is -2.31. The van der Waals surface area contributed by atoms with Crippen LogP contribution in [-0.2, 0) is 19.1 Å². The van der Waals surface area contributed by atoms with Crippen LogP contribution in [0.1, 0.15) is 55.4 Å². The van der Waals surface area contributed by atoms with Gasteiger partial charge in [0, 0.05) is 0 Å². The van der Waals surface area contributed by atoms with E-state index in [1.165, 1.54) is 13.8 Å². The third-order valence-corrected chi connectivity index (χ3v) is 3.14. The van der Waals surface area contributed by atoms with Gasteiger partial charge in [-0.25, -0.2) is 19.4 Å². The standard InChI is InChI=1S/C16H26N2O6/c1-9-11(19)18(14(22)24-16(6,7)8)10(2)12(20)17(9)13(21)23-15(3,4)5/h9-10H,1-8H3/t9-,10-/m0/s1. The molecule has 0 saturated carbocycles. The van der Waals surface area contributed by atoms with Crippen LogP contribution in [-0.4, -0.2) is 57.1 Å². The van der Waals surface area contributed by atoms with Crippen LogP contribution in [0.5, 0.6) is 0 Å². The quantitative estimate of drug-likeness (QED) is 0.670. The van der Waals surface area contributed by atoms with E-state index in [0.717, 1.165) is 9.80 Å². The van der Waals surface area contributed by atoms with E-state index in [2.05, 4.69) is 0 Å². The molecular weight excluding hydrogens is 316 g/mol. The van der Waals surface area contributed by atoms with Crippen molar-refractivity contribution in [1.82, 2.24) is 9.80 Å². The van der Waals surface area contributed by atoms with Crippen LogP contribution in [0.25, 0.3) is 0 Å². The van der Waals surface area contributed by atoms with E-state index in [1.807, 2.05) is 0 Å². The summed E-state index contributed by atoms with van der Waals surface area (Å²) in [5.74, 6) is -1.38. The fourth-order valence-electron chi connectivity index (χ4n) is 2.12. The molecule has 0 aromatic carbocycles. The fraction of sp³-hybridized carbons (Fsp3) is 0.750. The Labute approximate surface area is 142 Å². The molecule has 0 aromatic rings. The second kappa shape index (κ2) is 6.41. The molecule has 136 valence electrons. The summed E-state index contributed by atoms with van der Waals surface area (Å²) < 4.78 is 10.3. The normalized spacial score (nSPS) is 22.5. The van der Waals surface area contributed by atoms with Crippen molar-refractivity contribution in [3.8, 4) is 0 Å². The molecule has 24 heavy (non-hydrogen) atoms. The number of carbonyl (C=O) groups excluding carboxylic acids is 4. The number of carbonyl (C=O) groups is 4. The number of hydrogen-bond donors (Lipinski definition) is 0. The maximum absolute atomic E-state index is 12.5. The summed E-state index contributed by atoms with van der Waals surface area (Å²) in [5, 5.41) is 0. The van der Waals surface area contributed by atoms with Crippen molar-refractivity contribution in [2.24, 2.45) is 0 Å². The first-order valence-corrected chi connectivity index (χ1v) is 7.78. The molecule has 2 atom stereocenters. The van der Waals surface area contributed by atoms with Gasteiger partial charge >= 0.3 is 12.2 Å². The smallest absolute Gasteiger partial charge is 0.417 e. The van der Waals surface area contributed by atoms with Crippen LogP contribution in [0.4, 0.5) is 9.59 Å². The summed E-state index contributed by atoms with van der Waals surface area (Å²) in [5.41, 5.74) is -1.63. The topological polar surface area (TPSA) is 93.2 Å². The van der Waals surface area contributed by atoms with E-state index in [9.17, 15) is 19.2 Å². The first-order chi connectivity index (χ1) is 10.7. The molecule has 0 aliphatic carbocycles. The molecule has 1 rings (SSSR count). The van der Waals surface area contributed by atoms with Crippen LogP contribution in [0, 0.1) is 0 Å². The van der Waals surface area contributed by atoms with Gasteiger partial charge in [-0.2, -0.15) is 0 Å². The lowest BCUT2D eigenvalue weighted by Crippen LogP contribution is -2.66. The first kappa shape index (κ1) is 19.9. The summed E-state index contributed by atoms with van der Waals surface area (Å²) in [4.78, 5) is 51.0. The Morgan fingerprint density at radius 3 is 1.21 bits per heavy atom. The Morgan fingerprint density at radius 1 is 0.750 bits per heavy atom. The van der Waals surface area contributed by atoms with Crippen molar-refractivity contribution >= 4 is 24.0 Å². The molecule has 1 saturated heterocycles. The predicted molar refractivity (Wildman–Crippen MR) is 85.1 cm³/mol. The molecule has 0 N–H and O–H groups in total. The molecule has 0 spiro atoms. The average molecular weight is 342 g/mol. The summed E-state index contributed by atoms with van der Waals surface area (Å²) >= 11 is 0. The third kappa shape index (κ3) is 4.46. The van der Waals surface area contributed by atoms with Crippen molar-refractivity contribution in [3.63, 3.8) is 0 Å². The zero-order chi connectivity index (χ0) is 19.0. The van der Waals surface area contributed by atoms with Gasteiger partial charge in [0.25, 0.3) is 11.8 Å². The number of piperazine rings is 1. The number of rotatable bonds is 0. The van der Waals surface area contributed by atoms with E-state index in [0.29, 0.717) is 0 Å². The highest BCUT2D eigenvalue weighted by atomic mass is 16.6. The van der Waals surface area contributed by atoms with Gasteiger partial charge in [0.1, 0.15) is 23.3 Å². The van der Waals surface area contributed by atoms with Gasteiger partial charge in [0.2, 0.25) is 0 Å². The Balaban J connectivity index is 3.06. The van der Waals surface area contributed by atoms with Crippen LogP contribution in [0.3, 0.4) is 0 Å². The Morgan fingerprint density at radius 2 is 1.00 bits per heavy atom. The molecule has 1 fully saturated rings. The molecule has 0 radical (unpaired) electrons. The van der Waals surface area contributed by atoms with Crippen molar-refractivity contribution in [1.29, 1.82) is 0 Å². The predicted octanol–water partition coefficient (Wildman–Crippen LogP) is 2.30. The molecule has 8 nitrogen and oxygen atoms in total. The van der Waals surface area contributed by atoms with Gasteiger partial charge in [-0.05, 0) is 55.4 Å². The van der Waals surface area contributed by atoms with Crippen LogP contribution in [0.15, 0.2) is 0 Å². The monoisotopic (exact) mass is 342 g/mol. The molecule has 0 aromatic heterocycles. The molecule has 4 amide bonds. The highest BCUT2D eigenvalue weighted by Crippen LogP contribution is 2.23. The van der Waals surface area contributed by atoms with Gasteiger partial charge in [0.05, 0.1) is 0 Å². The van der Waals surface area contributed by atoms with E-state index in [-0.39, 0.29) is 0 Å². The van der Waals surface area contributed by atoms with Crippen LogP contribution < -0.4 is 0 Å². The van der Waals surface area contributed by atoms with E-state index < -0.39 is 47.3 Å². The SMILES string of the molecule is C[C@H]1C(=O)N(C(=O)OC(C)(C)C)[C@@H](C)C(=O)N1C(=O)OC(C)(C)C. The lowest BCUT2D eigenvalue weighted by molar-refractivity contribution is -0.157. The van der Waals surface area contributed by atoms with Crippen LogP contribution in [0.2, 0.25) is 0 Å². The number of imide groups is 2. The maximum Gasteiger partial charge on any atom is 0.417 e. The highest BCUT2D eigenvalue weighted by Gasteiger charge is 2.49. The number of ether oxygens (including phenoxy) is 2. The second-order valence-electron chi connectivity index (χ2n) is 7.73. The zero-order valence-corrected chi connectivity index (χ0v) is 15.5. The molecule has 1 aliphatic heterocycles. The average Bonchev–Trinajstić information content (AvgIpc) is 2.32. The second-order valence-corrected chi connectivity index (χ2v) is 7.73. The lowest BCUT2D eigenvalue weighted by Gasteiger charge is -2.40. The van der Waals surface area contributed by atoms with Gasteiger partial charge in [-0.3, -0.25) is 9.59 Å². The van der Waals surface area contributed by atoms with Crippen LogP contribution >= 0.6 is 0 Å².